The summed E-state index contributed by atoms with van der Waals surface area (Å²) in [5.41, 5.74) is 1.02. The van der Waals surface area contributed by atoms with E-state index >= 15 is 0 Å². The van der Waals surface area contributed by atoms with Gasteiger partial charge in [-0.3, -0.25) is 10.1 Å². The lowest BCUT2D eigenvalue weighted by atomic mass is 10.3. The maximum absolute atomic E-state index is 11.7. The van der Waals surface area contributed by atoms with E-state index in [-0.39, 0.29) is 11.9 Å². The summed E-state index contributed by atoms with van der Waals surface area (Å²) >= 11 is 3.41. The Labute approximate surface area is 103 Å². The molecule has 0 spiro atoms. The van der Waals surface area contributed by atoms with Gasteiger partial charge in [-0.25, -0.2) is 4.98 Å². The van der Waals surface area contributed by atoms with Gasteiger partial charge in [-0.05, 0) is 13.8 Å². The zero-order valence-electron chi connectivity index (χ0n) is 9.37. The Balaban J connectivity index is 1.87. The van der Waals surface area contributed by atoms with Crippen LogP contribution in [-0.4, -0.2) is 28.6 Å². The van der Waals surface area contributed by atoms with Gasteiger partial charge in [0.25, 0.3) is 0 Å². The van der Waals surface area contributed by atoms with Gasteiger partial charge in [-0.1, -0.05) is 0 Å². The van der Waals surface area contributed by atoms with Crippen LogP contribution in [0.5, 0.6) is 0 Å². The highest BCUT2D eigenvalue weighted by Gasteiger charge is 2.22. The molecule has 1 unspecified atom stereocenters. The van der Waals surface area contributed by atoms with Crippen molar-refractivity contribution in [1.82, 2.24) is 15.6 Å². The molecule has 0 aliphatic carbocycles. The van der Waals surface area contributed by atoms with E-state index in [0.29, 0.717) is 6.54 Å². The Hall–Kier alpha value is -0.590. The molecule has 1 aliphatic rings. The smallest absolute Gasteiger partial charge is 0.238 e. The summed E-state index contributed by atoms with van der Waals surface area (Å²) in [5.74, 6) is 1.83. The van der Waals surface area contributed by atoms with Crippen molar-refractivity contribution in [3.8, 4) is 0 Å². The van der Waals surface area contributed by atoms with E-state index in [9.17, 15) is 4.79 Å². The molecule has 2 rings (SSSR count). The van der Waals surface area contributed by atoms with Gasteiger partial charge >= 0.3 is 0 Å². The lowest BCUT2D eigenvalue weighted by Gasteiger charge is -2.09. The lowest BCUT2D eigenvalue weighted by molar-refractivity contribution is -0.122. The summed E-state index contributed by atoms with van der Waals surface area (Å²) in [6.45, 7) is 4.56. The maximum Gasteiger partial charge on any atom is 0.238 e. The Morgan fingerprint density at radius 2 is 2.44 bits per heavy atom. The number of carbonyl (C=O) groups is 1. The van der Waals surface area contributed by atoms with Crippen molar-refractivity contribution in [3.63, 3.8) is 0 Å². The van der Waals surface area contributed by atoms with Crippen LogP contribution in [0.3, 0.4) is 0 Å². The Morgan fingerprint density at radius 3 is 3.00 bits per heavy atom. The molecule has 1 aromatic heterocycles. The number of rotatable bonds is 3. The molecule has 1 amide bonds. The first kappa shape index (κ1) is 11.9. The average molecular weight is 257 g/mol. The molecule has 0 saturated carbocycles. The monoisotopic (exact) mass is 257 g/mol. The predicted octanol–water partition coefficient (Wildman–Crippen LogP) is 1.04. The summed E-state index contributed by atoms with van der Waals surface area (Å²) < 4.78 is 0. The van der Waals surface area contributed by atoms with Crippen LogP contribution >= 0.6 is 23.1 Å². The molecule has 2 heterocycles. The van der Waals surface area contributed by atoms with E-state index < -0.39 is 0 Å². The van der Waals surface area contributed by atoms with Gasteiger partial charge < -0.3 is 5.32 Å². The van der Waals surface area contributed by atoms with Gasteiger partial charge in [-0.15, -0.1) is 23.1 Å². The molecule has 0 aromatic carbocycles. The van der Waals surface area contributed by atoms with Gasteiger partial charge in [-0.2, -0.15) is 0 Å². The molecule has 1 fully saturated rings. The fourth-order valence-corrected chi connectivity index (χ4v) is 3.41. The fourth-order valence-electron chi connectivity index (χ4n) is 1.59. The average Bonchev–Trinajstić information content (AvgIpc) is 2.84. The van der Waals surface area contributed by atoms with Crippen LogP contribution in [0.1, 0.15) is 15.6 Å². The zero-order chi connectivity index (χ0) is 11.5. The van der Waals surface area contributed by atoms with E-state index in [1.54, 1.807) is 23.1 Å². The number of hydrogen-bond donors (Lipinski definition) is 2. The van der Waals surface area contributed by atoms with Crippen molar-refractivity contribution >= 4 is 29.0 Å². The second kappa shape index (κ2) is 5.16. The Morgan fingerprint density at radius 1 is 1.62 bits per heavy atom. The molecule has 2 N–H and O–H groups in total. The Kier molecular flexibility index (Phi) is 3.83. The standard InChI is InChI=1S/C10H15N3OS2/c1-6-9(16-7(2)13-6)3-11-10(14)8-4-15-5-12-8/h8,12H,3-5H2,1-2H3,(H,11,14). The highest BCUT2D eigenvalue weighted by molar-refractivity contribution is 7.99. The molecule has 6 heteroatoms. The summed E-state index contributed by atoms with van der Waals surface area (Å²) in [6, 6.07) is -0.0284. The predicted molar refractivity (Wildman–Crippen MR) is 67.7 cm³/mol. The molecule has 1 saturated heterocycles. The minimum atomic E-state index is -0.0284. The number of hydrogen-bond acceptors (Lipinski definition) is 5. The van der Waals surface area contributed by atoms with Crippen molar-refractivity contribution in [2.45, 2.75) is 26.4 Å². The highest BCUT2D eigenvalue weighted by Crippen LogP contribution is 2.17. The summed E-state index contributed by atoms with van der Waals surface area (Å²) in [4.78, 5) is 17.2. The minimum Gasteiger partial charge on any atom is -0.350 e. The largest absolute Gasteiger partial charge is 0.350 e. The molecule has 1 atom stereocenters. The number of thiazole rings is 1. The fraction of sp³-hybridized carbons (Fsp3) is 0.600. The highest BCUT2D eigenvalue weighted by atomic mass is 32.2. The van der Waals surface area contributed by atoms with E-state index in [1.165, 1.54) is 0 Å². The van der Waals surface area contributed by atoms with Crippen LogP contribution in [-0.2, 0) is 11.3 Å². The summed E-state index contributed by atoms with van der Waals surface area (Å²) in [6.07, 6.45) is 0. The third-order valence-electron chi connectivity index (χ3n) is 2.46. The molecule has 1 aromatic rings. The van der Waals surface area contributed by atoms with Gasteiger partial charge in [0, 0.05) is 16.5 Å². The maximum atomic E-state index is 11.7. The van der Waals surface area contributed by atoms with Gasteiger partial charge in [0.05, 0.1) is 23.3 Å². The third-order valence-corrected chi connectivity index (χ3v) is 4.47. The number of nitrogens with zero attached hydrogens (tertiary/aromatic N) is 1. The van der Waals surface area contributed by atoms with Crippen molar-refractivity contribution < 1.29 is 4.79 Å². The van der Waals surface area contributed by atoms with Crippen molar-refractivity contribution in [2.75, 3.05) is 11.6 Å². The van der Waals surface area contributed by atoms with Crippen LogP contribution in [0.15, 0.2) is 0 Å². The molecule has 16 heavy (non-hydrogen) atoms. The van der Waals surface area contributed by atoms with E-state index in [4.69, 9.17) is 0 Å². The molecule has 1 aliphatic heterocycles. The number of amides is 1. The first-order valence-electron chi connectivity index (χ1n) is 5.18. The minimum absolute atomic E-state index is 0.0284. The van der Waals surface area contributed by atoms with Crippen LogP contribution in [0.25, 0.3) is 0 Å². The molecule has 88 valence electrons. The van der Waals surface area contributed by atoms with Crippen molar-refractivity contribution in [3.05, 3.63) is 15.6 Å². The second-order valence-corrected chi connectivity index (χ2v) is 6.05. The van der Waals surface area contributed by atoms with Crippen molar-refractivity contribution in [2.24, 2.45) is 0 Å². The summed E-state index contributed by atoms with van der Waals surface area (Å²) in [7, 11) is 0. The molecular formula is C10H15N3OS2. The second-order valence-electron chi connectivity index (χ2n) is 3.73. The third kappa shape index (κ3) is 2.75. The van der Waals surface area contributed by atoms with Crippen LogP contribution in [0.2, 0.25) is 0 Å². The van der Waals surface area contributed by atoms with E-state index in [1.807, 2.05) is 13.8 Å². The van der Waals surface area contributed by atoms with Crippen LogP contribution in [0.4, 0.5) is 0 Å². The van der Waals surface area contributed by atoms with Gasteiger partial charge in [0.2, 0.25) is 5.91 Å². The van der Waals surface area contributed by atoms with Gasteiger partial charge in [0.1, 0.15) is 0 Å². The topological polar surface area (TPSA) is 54.0 Å². The number of nitrogens with one attached hydrogen (secondary N) is 2. The number of thioether (sulfide) groups is 1. The lowest BCUT2D eigenvalue weighted by Crippen LogP contribution is -2.41. The first-order chi connectivity index (χ1) is 7.66. The SMILES string of the molecule is Cc1nc(C)c(CNC(=O)C2CSCN2)s1. The first-order valence-corrected chi connectivity index (χ1v) is 7.15. The van der Waals surface area contributed by atoms with Crippen molar-refractivity contribution in [1.29, 1.82) is 0 Å². The van der Waals surface area contributed by atoms with Crippen LogP contribution < -0.4 is 10.6 Å². The number of carbonyl (C=O) groups excluding carboxylic acids is 1. The van der Waals surface area contributed by atoms with Crippen LogP contribution in [0, 0.1) is 13.8 Å². The molecular weight excluding hydrogens is 242 g/mol. The Bertz CT molecular complexity index is 385. The normalized spacial score (nSPS) is 20.0. The number of aryl methyl sites for hydroxylation is 2. The molecule has 0 radical (unpaired) electrons. The van der Waals surface area contributed by atoms with E-state index in [2.05, 4.69) is 15.6 Å². The molecule has 0 bridgehead atoms. The quantitative estimate of drug-likeness (QED) is 0.849. The van der Waals surface area contributed by atoms with E-state index in [0.717, 1.165) is 27.2 Å². The number of aromatic nitrogens is 1. The molecule has 4 nitrogen and oxygen atoms in total. The zero-order valence-corrected chi connectivity index (χ0v) is 11.0. The van der Waals surface area contributed by atoms with Gasteiger partial charge in [0.15, 0.2) is 0 Å². The summed E-state index contributed by atoms with van der Waals surface area (Å²) in [5, 5.41) is 7.15.